The minimum atomic E-state index is -0.333. The predicted octanol–water partition coefficient (Wildman–Crippen LogP) is 2.82. The molecule has 0 saturated heterocycles. The number of nitrogens with one attached hydrogen (secondary N) is 1. The van der Waals surface area contributed by atoms with Crippen molar-refractivity contribution < 1.29 is 18.7 Å². The molecule has 1 aliphatic heterocycles. The first-order valence-electron chi connectivity index (χ1n) is 9.08. The summed E-state index contributed by atoms with van der Waals surface area (Å²) in [5, 5.41) is 3.02. The molecule has 1 aromatic carbocycles. The molecule has 7 heteroatoms. The van der Waals surface area contributed by atoms with E-state index in [4.69, 9.17) is 4.74 Å². The van der Waals surface area contributed by atoms with Gasteiger partial charge in [-0.05, 0) is 36.6 Å². The Balaban J connectivity index is 1.58. The third-order valence-electron chi connectivity index (χ3n) is 4.96. The van der Waals surface area contributed by atoms with Crippen molar-refractivity contribution in [3.63, 3.8) is 0 Å². The molecule has 2 amide bonds. The topological polar surface area (TPSA) is 71.5 Å². The second-order valence-corrected chi connectivity index (χ2v) is 6.90. The van der Waals surface area contributed by atoms with Crippen LogP contribution in [0.1, 0.15) is 41.6 Å². The molecule has 140 valence electrons. The Kier molecular flexibility index (Phi) is 4.75. The van der Waals surface area contributed by atoms with E-state index in [1.54, 1.807) is 18.2 Å². The maximum Gasteiger partial charge on any atom is 0.265 e. The summed E-state index contributed by atoms with van der Waals surface area (Å²) in [7, 11) is 0. The summed E-state index contributed by atoms with van der Waals surface area (Å²) < 4.78 is 18.5. The maximum absolute atomic E-state index is 13.1. The maximum atomic E-state index is 13.1. The Morgan fingerprint density at radius 3 is 2.74 bits per heavy atom. The molecule has 0 unspecified atom stereocenters. The number of benzene rings is 1. The first-order valence-corrected chi connectivity index (χ1v) is 9.08. The summed E-state index contributed by atoms with van der Waals surface area (Å²) in [5.74, 6) is -0.451. The van der Waals surface area contributed by atoms with Gasteiger partial charge in [-0.15, -0.1) is 0 Å². The molecule has 27 heavy (non-hydrogen) atoms. The highest BCUT2D eigenvalue weighted by molar-refractivity contribution is 6.00. The first-order chi connectivity index (χ1) is 13.1. The van der Waals surface area contributed by atoms with Crippen LogP contribution in [0.4, 0.5) is 10.1 Å². The highest BCUT2D eigenvalue weighted by Crippen LogP contribution is 2.32. The van der Waals surface area contributed by atoms with Crippen molar-refractivity contribution in [3.8, 4) is 5.88 Å². The zero-order valence-electron chi connectivity index (χ0n) is 14.8. The lowest BCUT2D eigenvalue weighted by Gasteiger charge is -2.29. The quantitative estimate of drug-likeness (QED) is 0.900. The van der Waals surface area contributed by atoms with Gasteiger partial charge in [0.15, 0.2) is 6.61 Å². The molecule has 1 aliphatic carbocycles. The number of fused-ring (bicyclic) bond motifs is 1. The standard InChI is InChI=1S/C20H20FN3O3/c21-15-7-5-13(6-8-15)11-24-17-9-14(10-22-20(17)27-12-18(24)25)19(26)23-16-3-1-2-4-16/h5-10,16H,1-4,11-12H2,(H,23,26). The normalized spacial score (nSPS) is 16.8. The van der Waals surface area contributed by atoms with Crippen molar-refractivity contribution in [2.24, 2.45) is 0 Å². The van der Waals surface area contributed by atoms with Crippen LogP contribution in [-0.2, 0) is 11.3 Å². The van der Waals surface area contributed by atoms with Gasteiger partial charge in [-0.3, -0.25) is 9.59 Å². The highest BCUT2D eigenvalue weighted by atomic mass is 19.1. The lowest BCUT2D eigenvalue weighted by molar-refractivity contribution is -0.121. The van der Waals surface area contributed by atoms with E-state index in [1.165, 1.54) is 23.2 Å². The van der Waals surface area contributed by atoms with Gasteiger partial charge in [-0.25, -0.2) is 9.37 Å². The van der Waals surface area contributed by atoms with Crippen molar-refractivity contribution >= 4 is 17.5 Å². The number of nitrogens with zero attached hydrogens (tertiary/aromatic N) is 2. The number of hydrogen-bond acceptors (Lipinski definition) is 4. The number of amides is 2. The minimum Gasteiger partial charge on any atom is -0.466 e. The molecule has 1 N–H and O–H groups in total. The molecule has 0 radical (unpaired) electrons. The minimum absolute atomic E-state index is 0.116. The Hall–Kier alpha value is -2.96. The molecule has 2 heterocycles. The molecule has 2 aromatic rings. The molecule has 1 fully saturated rings. The molecular weight excluding hydrogens is 349 g/mol. The Labute approximate surface area is 156 Å². The summed E-state index contributed by atoms with van der Waals surface area (Å²) in [6.07, 6.45) is 5.70. The Morgan fingerprint density at radius 2 is 2.00 bits per heavy atom. The van der Waals surface area contributed by atoms with Gasteiger partial charge < -0.3 is 15.0 Å². The lowest BCUT2D eigenvalue weighted by atomic mass is 10.1. The van der Waals surface area contributed by atoms with E-state index in [-0.39, 0.29) is 36.8 Å². The summed E-state index contributed by atoms with van der Waals surface area (Å²) in [4.78, 5) is 30.7. The number of rotatable bonds is 4. The fraction of sp³-hybridized carbons (Fsp3) is 0.350. The van der Waals surface area contributed by atoms with Crippen molar-refractivity contribution in [2.75, 3.05) is 11.5 Å². The Morgan fingerprint density at radius 1 is 1.26 bits per heavy atom. The molecule has 6 nitrogen and oxygen atoms in total. The molecule has 2 aliphatic rings. The molecule has 0 atom stereocenters. The first kappa shape index (κ1) is 17.5. The summed E-state index contributed by atoms with van der Waals surface area (Å²) in [6, 6.07) is 7.79. The van der Waals surface area contributed by atoms with Gasteiger partial charge in [-0.1, -0.05) is 25.0 Å². The van der Waals surface area contributed by atoms with Gasteiger partial charge in [0.1, 0.15) is 11.5 Å². The molecule has 4 rings (SSSR count). The Bertz CT molecular complexity index is 863. The number of carbonyl (C=O) groups excluding carboxylic acids is 2. The van der Waals surface area contributed by atoms with Crippen molar-refractivity contribution in [1.82, 2.24) is 10.3 Å². The van der Waals surface area contributed by atoms with Crippen molar-refractivity contribution in [1.29, 1.82) is 0 Å². The van der Waals surface area contributed by atoms with Crippen LogP contribution < -0.4 is 15.0 Å². The number of hydrogen-bond donors (Lipinski definition) is 1. The van der Waals surface area contributed by atoms with Gasteiger partial charge in [0, 0.05) is 12.2 Å². The zero-order valence-corrected chi connectivity index (χ0v) is 14.8. The number of carbonyl (C=O) groups is 2. The summed E-state index contributed by atoms with van der Waals surface area (Å²) >= 11 is 0. The van der Waals surface area contributed by atoms with Gasteiger partial charge >= 0.3 is 0 Å². The van der Waals surface area contributed by atoms with Crippen molar-refractivity contribution in [3.05, 3.63) is 53.5 Å². The number of anilines is 1. The van der Waals surface area contributed by atoms with E-state index < -0.39 is 0 Å². The van der Waals surface area contributed by atoms with Crippen LogP contribution in [0.2, 0.25) is 0 Å². The fourth-order valence-corrected chi connectivity index (χ4v) is 3.50. The van der Waals surface area contributed by atoms with Crippen LogP contribution in [0.5, 0.6) is 5.88 Å². The van der Waals surface area contributed by atoms with E-state index in [2.05, 4.69) is 10.3 Å². The van der Waals surface area contributed by atoms with Crippen LogP contribution in [0, 0.1) is 5.82 Å². The molecule has 1 saturated carbocycles. The number of aromatic nitrogens is 1. The van der Waals surface area contributed by atoms with E-state index >= 15 is 0 Å². The number of pyridine rings is 1. The lowest BCUT2D eigenvalue weighted by Crippen LogP contribution is -2.39. The number of halogens is 1. The van der Waals surface area contributed by atoms with E-state index in [0.29, 0.717) is 17.1 Å². The molecule has 0 spiro atoms. The summed E-state index contributed by atoms with van der Waals surface area (Å²) in [6.45, 7) is 0.139. The zero-order chi connectivity index (χ0) is 18.8. The average Bonchev–Trinajstić information content (AvgIpc) is 3.18. The predicted molar refractivity (Wildman–Crippen MR) is 97.0 cm³/mol. The second-order valence-electron chi connectivity index (χ2n) is 6.90. The van der Waals surface area contributed by atoms with Crippen LogP contribution in [-0.4, -0.2) is 29.4 Å². The monoisotopic (exact) mass is 369 g/mol. The SMILES string of the molecule is O=C(NC1CCCC1)c1cnc2c(c1)N(Cc1ccc(F)cc1)C(=O)CO2. The average molecular weight is 369 g/mol. The summed E-state index contributed by atoms with van der Waals surface area (Å²) in [5.41, 5.74) is 1.62. The van der Waals surface area contributed by atoms with E-state index in [0.717, 1.165) is 31.2 Å². The van der Waals surface area contributed by atoms with Crippen LogP contribution in [0.3, 0.4) is 0 Å². The van der Waals surface area contributed by atoms with Crippen LogP contribution >= 0.6 is 0 Å². The smallest absolute Gasteiger partial charge is 0.265 e. The van der Waals surface area contributed by atoms with Crippen molar-refractivity contribution in [2.45, 2.75) is 38.3 Å². The van der Waals surface area contributed by atoms with E-state index in [9.17, 15) is 14.0 Å². The van der Waals surface area contributed by atoms with E-state index in [1.807, 2.05) is 0 Å². The highest BCUT2D eigenvalue weighted by Gasteiger charge is 2.28. The van der Waals surface area contributed by atoms with Gasteiger partial charge in [0.2, 0.25) is 5.88 Å². The third-order valence-corrected chi connectivity index (χ3v) is 4.96. The van der Waals surface area contributed by atoms with Crippen LogP contribution in [0.25, 0.3) is 0 Å². The largest absolute Gasteiger partial charge is 0.466 e. The second kappa shape index (κ2) is 7.34. The third kappa shape index (κ3) is 3.77. The number of ether oxygens (including phenoxy) is 1. The van der Waals surface area contributed by atoms with Crippen LogP contribution in [0.15, 0.2) is 36.5 Å². The molecular formula is C20H20FN3O3. The van der Waals surface area contributed by atoms with Gasteiger partial charge in [-0.2, -0.15) is 0 Å². The fourth-order valence-electron chi connectivity index (χ4n) is 3.50. The molecule has 0 bridgehead atoms. The molecule has 1 aromatic heterocycles. The van der Waals surface area contributed by atoms with Gasteiger partial charge in [0.25, 0.3) is 11.8 Å². The van der Waals surface area contributed by atoms with Gasteiger partial charge in [0.05, 0.1) is 12.1 Å².